The van der Waals surface area contributed by atoms with E-state index < -0.39 is 10.2 Å². The van der Waals surface area contributed by atoms with E-state index in [0.29, 0.717) is 0 Å². The molecular formula is C15H25N3O2S. The fraction of sp³-hybridized carbons (Fsp3) is 0.800. The summed E-state index contributed by atoms with van der Waals surface area (Å²) in [6, 6.07) is 0.350. The number of rotatable bonds is 4. The van der Waals surface area contributed by atoms with Crippen LogP contribution in [-0.4, -0.2) is 33.8 Å². The predicted octanol–water partition coefficient (Wildman–Crippen LogP) is 2.94. The fourth-order valence-electron chi connectivity index (χ4n) is 3.84. The van der Waals surface area contributed by atoms with Gasteiger partial charge in [-0.2, -0.15) is 12.7 Å². The monoisotopic (exact) mass is 311 g/mol. The van der Waals surface area contributed by atoms with Gasteiger partial charge in [0, 0.05) is 24.5 Å². The van der Waals surface area contributed by atoms with Gasteiger partial charge in [-0.15, -0.1) is 0 Å². The van der Waals surface area contributed by atoms with Gasteiger partial charge < -0.3 is 0 Å². The minimum absolute atomic E-state index is 0.175. The van der Waals surface area contributed by atoms with Gasteiger partial charge in [-0.3, -0.25) is 0 Å². The molecule has 2 aliphatic rings. The summed E-state index contributed by atoms with van der Waals surface area (Å²) in [6.45, 7) is 0. The first kappa shape index (κ1) is 15.0. The lowest BCUT2D eigenvalue weighted by Gasteiger charge is -2.40. The molecule has 6 heteroatoms. The molecule has 0 saturated heterocycles. The van der Waals surface area contributed by atoms with Crippen molar-refractivity contribution < 1.29 is 8.42 Å². The molecule has 0 aromatic carbocycles. The van der Waals surface area contributed by atoms with Crippen LogP contribution < -0.4 is 0 Å². The van der Waals surface area contributed by atoms with Crippen LogP contribution in [0.4, 0.5) is 0 Å². The molecule has 0 amide bonds. The average Bonchev–Trinajstić information content (AvgIpc) is 3.04. The van der Waals surface area contributed by atoms with Crippen molar-refractivity contribution in [2.75, 3.05) is 0 Å². The average molecular weight is 311 g/mol. The Morgan fingerprint density at radius 3 is 1.86 bits per heavy atom. The number of imidazole rings is 1. The minimum atomic E-state index is -3.47. The summed E-state index contributed by atoms with van der Waals surface area (Å²) >= 11 is 0. The Labute approximate surface area is 127 Å². The van der Waals surface area contributed by atoms with Gasteiger partial charge in [0.2, 0.25) is 0 Å². The maximum atomic E-state index is 13.0. The van der Waals surface area contributed by atoms with Crippen LogP contribution in [-0.2, 0) is 10.2 Å². The minimum Gasteiger partial charge on any atom is -0.244 e. The van der Waals surface area contributed by atoms with Crippen molar-refractivity contribution in [2.24, 2.45) is 0 Å². The van der Waals surface area contributed by atoms with E-state index in [1.165, 1.54) is 29.3 Å². The van der Waals surface area contributed by atoms with Gasteiger partial charge in [0.1, 0.15) is 6.33 Å². The molecule has 0 unspecified atom stereocenters. The number of hydrogen-bond donors (Lipinski definition) is 0. The van der Waals surface area contributed by atoms with Gasteiger partial charge in [0.25, 0.3) is 0 Å². The van der Waals surface area contributed by atoms with E-state index in [2.05, 4.69) is 4.98 Å². The third-order valence-electron chi connectivity index (χ3n) is 4.88. The number of nitrogens with zero attached hydrogens (tertiary/aromatic N) is 3. The van der Waals surface area contributed by atoms with E-state index in [1.807, 2.05) is 4.31 Å². The lowest BCUT2D eigenvalue weighted by atomic mass is 9.91. The Bertz CT molecular complexity index is 511. The first-order chi connectivity index (χ1) is 10.2. The van der Waals surface area contributed by atoms with Crippen LogP contribution in [0.25, 0.3) is 0 Å². The van der Waals surface area contributed by atoms with E-state index >= 15 is 0 Å². The Morgan fingerprint density at radius 2 is 1.43 bits per heavy atom. The molecule has 0 N–H and O–H groups in total. The summed E-state index contributed by atoms with van der Waals surface area (Å²) < 4.78 is 29.2. The van der Waals surface area contributed by atoms with Crippen LogP contribution >= 0.6 is 0 Å². The summed E-state index contributed by atoms with van der Waals surface area (Å²) in [7, 11) is -3.47. The van der Waals surface area contributed by atoms with Crippen LogP contribution in [0.2, 0.25) is 0 Å². The molecule has 0 spiro atoms. The molecule has 3 rings (SSSR count). The Balaban J connectivity index is 1.90. The Kier molecular flexibility index (Phi) is 4.64. The zero-order chi connectivity index (χ0) is 14.7. The lowest BCUT2D eigenvalue weighted by molar-refractivity contribution is 0.168. The van der Waals surface area contributed by atoms with Crippen LogP contribution in [0.1, 0.15) is 64.2 Å². The molecule has 0 aliphatic heterocycles. The normalized spacial score (nSPS) is 22.7. The second-order valence-electron chi connectivity index (χ2n) is 6.31. The molecule has 118 valence electrons. The lowest BCUT2D eigenvalue weighted by Crippen LogP contribution is -2.50. The second-order valence-corrected chi connectivity index (χ2v) is 8.05. The maximum absolute atomic E-state index is 13.0. The second kappa shape index (κ2) is 6.48. The highest BCUT2D eigenvalue weighted by molar-refractivity contribution is 7.87. The molecule has 5 nitrogen and oxygen atoms in total. The zero-order valence-electron chi connectivity index (χ0n) is 12.5. The third kappa shape index (κ3) is 3.16. The molecule has 0 atom stereocenters. The van der Waals surface area contributed by atoms with Gasteiger partial charge in [0.15, 0.2) is 0 Å². The Hall–Kier alpha value is -0.880. The van der Waals surface area contributed by atoms with Crippen molar-refractivity contribution in [1.82, 2.24) is 13.3 Å². The topological polar surface area (TPSA) is 55.2 Å². The van der Waals surface area contributed by atoms with Gasteiger partial charge >= 0.3 is 10.2 Å². The van der Waals surface area contributed by atoms with E-state index in [4.69, 9.17) is 0 Å². The molecule has 0 bridgehead atoms. The highest BCUT2D eigenvalue weighted by Gasteiger charge is 2.38. The summed E-state index contributed by atoms with van der Waals surface area (Å²) in [4.78, 5) is 3.92. The van der Waals surface area contributed by atoms with E-state index in [1.54, 1.807) is 6.20 Å². The fourth-order valence-corrected chi connectivity index (χ4v) is 5.61. The van der Waals surface area contributed by atoms with Gasteiger partial charge in [-0.05, 0) is 25.7 Å². The van der Waals surface area contributed by atoms with Gasteiger partial charge in [-0.1, -0.05) is 38.5 Å². The molecule has 21 heavy (non-hydrogen) atoms. The highest BCUT2D eigenvalue weighted by atomic mass is 32.2. The smallest absolute Gasteiger partial charge is 0.244 e. The molecule has 1 aromatic rings. The molecule has 2 aliphatic carbocycles. The van der Waals surface area contributed by atoms with Crippen molar-refractivity contribution in [3.63, 3.8) is 0 Å². The molecule has 2 fully saturated rings. The molecule has 0 radical (unpaired) electrons. The first-order valence-electron chi connectivity index (χ1n) is 8.21. The van der Waals surface area contributed by atoms with Crippen LogP contribution in [0.5, 0.6) is 0 Å². The van der Waals surface area contributed by atoms with Crippen molar-refractivity contribution >= 4 is 10.2 Å². The Morgan fingerprint density at radius 1 is 0.905 bits per heavy atom. The SMILES string of the molecule is O=S(=O)(N(C1CCCCC1)C1CCCCC1)n1ccnc1. The first-order valence-corrected chi connectivity index (χ1v) is 9.61. The zero-order valence-corrected chi connectivity index (χ0v) is 13.3. The van der Waals surface area contributed by atoms with Crippen molar-refractivity contribution in [1.29, 1.82) is 0 Å². The molecular weight excluding hydrogens is 286 g/mol. The molecule has 1 heterocycles. The van der Waals surface area contributed by atoms with Gasteiger partial charge in [-0.25, -0.2) is 8.96 Å². The summed E-state index contributed by atoms with van der Waals surface area (Å²) in [5, 5.41) is 0. The maximum Gasteiger partial charge on any atom is 0.309 e. The van der Waals surface area contributed by atoms with E-state index in [-0.39, 0.29) is 12.1 Å². The third-order valence-corrected chi connectivity index (χ3v) is 6.76. The number of hydrogen-bond acceptors (Lipinski definition) is 3. The quantitative estimate of drug-likeness (QED) is 0.859. The largest absolute Gasteiger partial charge is 0.309 e. The number of aromatic nitrogens is 2. The van der Waals surface area contributed by atoms with Crippen molar-refractivity contribution in [3.05, 3.63) is 18.7 Å². The summed E-state index contributed by atoms with van der Waals surface area (Å²) in [5.74, 6) is 0. The van der Waals surface area contributed by atoms with E-state index in [0.717, 1.165) is 51.4 Å². The molecule has 2 saturated carbocycles. The molecule has 1 aromatic heterocycles. The van der Waals surface area contributed by atoms with Crippen molar-refractivity contribution in [2.45, 2.75) is 76.3 Å². The standard InChI is InChI=1S/C15H25N3O2S/c19-21(20,17-12-11-16-13-17)18(14-7-3-1-4-8-14)15-9-5-2-6-10-15/h11-15H,1-10H2. The van der Waals surface area contributed by atoms with Gasteiger partial charge in [0.05, 0.1) is 0 Å². The summed E-state index contributed by atoms with van der Waals surface area (Å²) in [5.41, 5.74) is 0. The van der Waals surface area contributed by atoms with E-state index in [9.17, 15) is 8.42 Å². The summed E-state index contributed by atoms with van der Waals surface area (Å²) in [6.07, 6.45) is 15.6. The predicted molar refractivity (Wildman–Crippen MR) is 82.1 cm³/mol. The van der Waals surface area contributed by atoms with Crippen LogP contribution in [0, 0.1) is 0 Å². The van der Waals surface area contributed by atoms with Crippen molar-refractivity contribution in [3.8, 4) is 0 Å². The van der Waals surface area contributed by atoms with Crippen LogP contribution in [0.3, 0.4) is 0 Å². The highest BCUT2D eigenvalue weighted by Crippen LogP contribution is 2.32. The van der Waals surface area contributed by atoms with Crippen LogP contribution in [0.15, 0.2) is 18.7 Å².